The van der Waals surface area contributed by atoms with Gasteiger partial charge in [0, 0.05) is 31.6 Å². The molecule has 5 nitrogen and oxygen atoms in total. The van der Waals surface area contributed by atoms with Crippen molar-refractivity contribution in [3.8, 4) is 5.75 Å². The van der Waals surface area contributed by atoms with Crippen LogP contribution in [0.5, 0.6) is 5.75 Å². The largest absolute Gasteiger partial charge is 0.492 e. The van der Waals surface area contributed by atoms with Crippen molar-refractivity contribution in [3.63, 3.8) is 0 Å². The standard InChI is InChI=1S/C23H27FN2O3/c1-17-3-9-21(10-4-17)29-16-15-25(2)22(27)19-11-13-26(14-12-19)23(28)18-5-7-20(24)8-6-18/h3-10,19H,11-16H2,1-2H3. The van der Waals surface area contributed by atoms with Crippen LogP contribution in [0.25, 0.3) is 0 Å². The fourth-order valence-corrected chi connectivity index (χ4v) is 3.46. The second-order valence-corrected chi connectivity index (χ2v) is 7.49. The van der Waals surface area contributed by atoms with Gasteiger partial charge in [-0.05, 0) is 56.2 Å². The lowest BCUT2D eigenvalue weighted by Crippen LogP contribution is -2.44. The lowest BCUT2D eigenvalue weighted by atomic mass is 9.95. The van der Waals surface area contributed by atoms with Crippen molar-refractivity contribution in [3.05, 3.63) is 65.5 Å². The Labute approximate surface area is 171 Å². The molecule has 1 saturated heterocycles. The molecule has 0 unspecified atom stereocenters. The zero-order valence-electron chi connectivity index (χ0n) is 16.9. The highest BCUT2D eigenvalue weighted by Gasteiger charge is 2.29. The number of benzene rings is 2. The molecule has 0 bridgehead atoms. The van der Waals surface area contributed by atoms with Crippen LogP contribution < -0.4 is 4.74 Å². The molecule has 0 atom stereocenters. The molecule has 0 spiro atoms. The number of aryl methyl sites for hydroxylation is 1. The van der Waals surface area contributed by atoms with E-state index < -0.39 is 0 Å². The van der Waals surface area contributed by atoms with Gasteiger partial charge in [0.2, 0.25) is 5.91 Å². The maximum Gasteiger partial charge on any atom is 0.253 e. The summed E-state index contributed by atoms with van der Waals surface area (Å²) < 4.78 is 18.7. The van der Waals surface area contributed by atoms with Gasteiger partial charge in [0.15, 0.2) is 0 Å². The molecule has 2 aromatic rings. The van der Waals surface area contributed by atoms with E-state index >= 15 is 0 Å². The average molecular weight is 398 g/mol. The van der Waals surface area contributed by atoms with Crippen molar-refractivity contribution in [1.29, 1.82) is 0 Å². The van der Waals surface area contributed by atoms with E-state index in [9.17, 15) is 14.0 Å². The number of likely N-dealkylation sites (N-methyl/N-ethyl adjacent to an activating group) is 1. The first kappa shape index (κ1) is 20.8. The van der Waals surface area contributed by atoms with Crippen molar-refractivity contribution >= 4 is 11.8 Å². The predicted octanol–water partition coefficient (Wildman–Crippen LogP) is 3.52. The SMILES string of the molecule is Cc1ccc(OCCN(C)C(=O)C2CCN(C(=O)c3ccc(F)cc3)CC2)cc1. The van der Waals surface area contributed by atoms with Gasteiger partial charge in [-0.25, -0.2) is 4.39 Å². The molecular weight excluding hydrogens is 371 g/mol. The lowest BCUT2D eigenvalue weighted by molar-refractivity contribution is -0.135. The molecule has 1 aliphatic rings. The van der Waals surface area contributed by atoms with Crippen LogP contribution in [0.4, 0.5) is 4.39 Å². The van der Waals surface area contributed by atoms with Gasteiger partial charge < -0.3 is 14.5 Å². The summed E-state index contributed by atoms with van der Waals surface area (Å²) in [5.74, 6) is 0.322. The van der Waals surface area contributed by atoms with Gasteiger partial charge in [-0.2, -0.15) is 0 Å². The molecular formula is C23H27FN2O3. The molecule has 3 rings (SSSR count). The summed E-state index contributed by atoms with van der Waals surface area (Å²) in [5, 5.41) is 0. The number of halogens is 1. The molecule has 2 aromatic carbocycles. The number of amides is 2. The number of piperidine rings is 1. The summed E-state index contributed by atoms with van der Waals surface area (Å²) in [6.45, 7) is 4.03. The van der Waals surface area contributed by atoms with Crippen LogP contribution in [0.1, 0.15) is 28.8 Å². The summed E-state index contributed by atoms with van der Waals surface area (Å²) in [7, 11) is 1.79. The molecule has 1 heterocycles. The molecule has 154 valence electrons. The van der Waals surface area contributed by atoms with Gasteiger partial charge in [0.1, 0.15) is 18.2 Å². The molecule has 0 aliphatic carbocycles. The predicted molar refractivity (Wildman–Crippen MR) is 109 cm³/mol. The van der Waals surface area contributed by atoms with Gasteiger partial charge >= 0.3 is 0 Å². The van der Waals surface area contributed by atoms with E-state index in [-0.39, 0.29) is 23.5 Å². The Balaban J connectivity index is 1.43. The minimum atomic E-state index is -0.361. The smallest absolute Gasteiger partial charge is 0.253 e. The summed E-state index contributed by atoms with van der Waals surface area (Å²) in [6.07, 6.45) is 1.27. The summed E-state index contributed by atoms with van der Waals surface area (Å²) in [5.41, 5.74) is 1.65. The van der Waals surface area contributed by atoms with E-state index in [2.05, 4.69) is 0 Å². The van der Waals surface area contributed by atoms with Crippen molar-refractivity contribution in [2.24, 2.45) is 5.92 Å². The van der Waals surface area contributed by atoms with Crippen molar-refractivity contribution in [2.45, 2.75) is 19.8 Å². The quantitative estimate of drug-likeness (QED) is 0.748. The van der Waals surface area contributed by atoms with E-state index in [0.29, 0.717) is 44.6 Å². The fraction of sp³-hybridized carbons (Fsp3) is 0.391. The number of carbonyl (C=O) groups is 2. The maximum absolute atomic E-state index is 13.0. The Hall–Kier alpha value is -2.89. The third-order valence-electron chi connectivity index (χ3n) is 5.32. The number of hydrogen-bond donors (Lipinski definition) is 0. The number of rotatable bonds is 6. The van der Waals surface area contributed by atoms with Crippen LogP contribution in [0, 0.1) is 18.7 Å². The molecule has 0 radical (unpaired) electrons. The summed E-state index contributed by atoms with van der Waals surface area (Å²) in [6, 6.07) is 13.4. The number of nitrogens with zero attached hydrogens (tertiary/aromatic N) is 2. The van der Waals surface area contributed by atoms with Crippen molar-refractivity contribution in [1.82, 2.24) is 9.80 Å². The summed E-state index contributed by atoms with van der Waals surface area (Å²) in [4.78, 5) is 28.6. The zero-order valence-corrected chi connectivity index (χ0v) is 16.9. The topological polar surface area (TPSA) is 49.9 Å². The first-order valence-electron chi connectivity index (χ1n) is 9.93. The first-order chi connectivity index (χ1) is 13.9. The Morgan fingerprint density at radius 3 is 2.31 bits per heavy atom. The Kier molecular flexibility index (Phi) is 6.86. The molecule has 0 saturated carbocycles. The van der Waals surface area contributed by atoms with Gasteiger partial charge in [-0.1, -0.05) is 17.7 Å². The van der Waals surface area contributed by atoms with E-state index in [1.165, 1.54) is 29.8 Å². The highest BCUT2D eigenvalue weighted by atomic mass is 19.1. The highest BCUT2D eigenvalue weighted by Crippen LogP contribution is 2.21. The van der Waals surface area contributed by atoms with Gasteiger partial charge in [0.25, 0.3) is 5.91 Å². The molecule has 0 aromatic heterocycles. The third-order valence-corrected chi connectivity index (χ3v) is 5.32. The van der Waals surface area contributed by atoms with Gasteiger partial charge in [-0.15, -0.1) is 0 Å². The number of hydrogen-bond acceptors (Lipinski definition) is 3. The minimum absolute atomic E-state index is 0.0864. The van der Waals surface area contributed by atoms with Crippen LogP contribution in [0.15, 0.2) is 48.5 Å². The second kappa shape index (κ2) is 9.54. The van der Waals surface area contributed by atoms with E-state index in [1.54, 1.807) is 16.8 Å². The van der Waals surface area contributed by atoms with Crippen LogP contribution in [0.2, 0.25) is 0 Å². The second-order valence-electron chi connectivity index (χ2n) is 7.49. The lowest BCUT2D eigenvalue weighted by Gasteiger charge is -2.33. The van der Waals surface area contributed by atoms with E-state index in [4.69, 9.17) is 4.74 Å². The summed E-state index contributed by atoms with van der Waals surface area (Å²) >= 11 is 0. The molecule has 0 N–H and O–H groups in total. The van der Waals surface area contributed by atoms with Crippen LogP contribution >= 0.6 is 0 Å². The first-order valence-corrected chi connectivity index (χ1v) is 9.93. The van der Waals surface area contributed by atoms with E-state index in [0.717, 1.165) is 5.75 Å². The molecule has 6 heteroatoms. The molecule has 2 amide bonds. The Morgan fingerprint density at radius 2 is 1.69 bits per heavy atom. The van der Waals surface area contributed by atoms with E-state index in [1.807, 2.05) is 31.2 Å². The number of likely N-dealkylation sites (tertiary alicyclic amines) is 1. The van der Waals surface area contributed by atoms with Crippen LogP contribution in [-0.4, -0.2) is 54.9 Å². The fourth-order valence-electron chi connectivity index (χ4n) is 3.46. The van der Waals surface area contributed by atoms with Gasteiger partial charge in [0.05, 0.1) is 6.54 Å². The third kappa shape index (κ3) is 5.56. The average Bonchev–Trinajstić information content (AvgIpc) is 2.74. The normalized spacial score (nSPS) is 14.5. The minimum Gasteiger partial charge on any atom is -0.492 e. The molecule has 1 aliphatic heterocycles. The highest BCUT2D eigenvalue weighted by molar-refractivity contribution is 5.94. The monoisotopic (exact) mass is 398 g/mol. The Morgan fingerprint density at radius 1 is 1.07 bits per heavy atom. The number of carbonyl (C=O) groups excluding carboxylic acids is 2. The van der Waals surface area contributed by atoms with Crippen molar-refractivity contribution < 1.29 is 18.7 Å². The Bertz CT molecular complexity index is 828. The van der Waals surface area contributed by atoms with Crippen LogP contribution in [-0.2, 0) is 4.79 Å². The zero-order chi connectivity index (χ0) is 20.8. The van der Waals surface area contributed by atoms with Crippen LogP contribution in [0.3, 0.4) is 0 Å². The van der Waals surface area contributed by atoms with Gasteiger partial charge in [-0.3, -0.25) is 9.59 Å². The molecule has 1 fully saturated rings. The maximum atomic E-state index is 13.0. The number of ether oxygens (including phenoxy) is 1. The molecule has 29 heavy (non-hydrogen) atoms. The van der Waals surface area contributed by atoms with Crippen molar-refractivity contribution in [2.75, 3.05) is 33.3 Å².